The Hall–Kier alpha value is -3.88. The highest BCUT2D eigenvalue weighted by molar-refractivity contribution is 6.09. The summed E-state index contributed by atoms with van der Waals surface area (Å²) >= 11 is 0. The molecular formula is C24H27N5O4. The normalized spacial score (nSPS) is 13.5. The summed E-state index contributed by atoms with van der Waals surface area (Å²) < 4.78 is 12.5. The minimum Gasteiger partial charge on any atom is -0.493 e. The molecule has 9 nitrogen and oxygen atoms in total. The first kappa shape index (κ1) is 22.3. The van der Waals surface area contributed by atoms with Crippen LogP contribution < -0.4 is 14.8 Å². The van der Waals surface area contributed by atoms with Crippen LogP contribution in [0.15, 0.2) is 49.1 Å². The van der Waals surface area contributed by atoms with Gasteiger partial charge in [-0.15, -0.1) is 0 Å². The van der Waals surface area contributed by atoms with E-state index in [0.29, 0.717) is 47.9 Å². The third-order valence-electron chi connectivity index (χ3n) is 5.67. The molecule has 0 unspecified atom stereocenters. The van der Waals surface area contributed by atoms with Gasteiger partial charge in [0, 0.05) is 24.7 Å². The number of carbonyl (C=O) groups excluding carboxylic acids is 2. The van der Waals surface area contributed by atoms with Crippen molar-refractivity contribution in [1.29, 1.82) is 0 Å². The number of benzene rings is 2. The standard InChI is InChI=1S/C24H27N5O4/c1-32-21-12-19(24(31)28-10-4-3-5-11-28)20(13-22(21)33-2)27-23(30)18-8-6-17(7-9-18)14-29-16-25-15-26-29/h6-9,12-13,15-16H,3-5,10-11,14H2,1-2H3,(H,27,30). The second-order valence-corrected chi connectivity index (χ2v) is 7.85. The molecule has 0 aliphatic carbocycles. The molecule has 3 aromatic rings. The Bertz CT molecular complexity index is 1110. The fourth-order valence-corrected chi connectivity index (χ4v) is 3.88. The predicted octanol–water partition coefficient (Wildman–Crippen LogP) is 3.22. The first-order valence-electron chi connectivity index (χ1n) is 10.9. The summed E-state index contributed by atoms with van der Waals surface area (Å²) in [4.78, 5) is 32.0. The van der Waals surface area contributed by atoms with Crippen LogP contribution in [0.4, 0.5) is 5.69 Å². The Morgan fingerprint density at radius 2 is 1.70 bits per heavy atom. The molecule has 1 aliphatic rings. The van der Waals surface area contributed by atoms with Gasteiger partial charge in [0.25, 0.3) is 11.8 Å². The number of piperidine rings is 1. The highest BCUT2D eigenvalue weighted by atomic mass is 16.5. The summed E-state index contributed by atoms with van der Waals surface area (Å²) in [7, 11) is 3.04. The SMILES string of the molecule is COc1cc(NC(=O)c2ccc(Cn3cncn3)cc2)c(C(=O)N2CCCCC2)cc1OC. The molecule has 9 heteroatoms. The van der Waals surface area contributed by atoms with E-state index in [1.807, 2.05) is 17.0 Å². The zero-order chi connectivity index (χ0) is 23.2. The lowest BCUT2D eigenvalue weighted by molar-refractivity contribution is 0.0725. The number of likely N-dealkylation sites (tertiary alicyclic amines) is 1. The predicted molar refractivity (Wildman–Crippen MR) is 123 cm³/mol. The molecule has 2 amide bonds. The van der Waals surface area contributed by atoms with Crippen LogP contribution in [-0.4, -0.2) is 58.8 Å². The molecule has 0 saturated carbocycles. The minimum absolute atomic E-state index is 0.130. The number of hydrogen-bond acceptors (Lipinski definition) is 6. The first-order valence-corrected chi connectivity index (χ1v) is 10.9. The molecule has 4 rings (SSSR count). The van der Waals surface area contributed by atoms with E-state index in [-0.39, 0.29) is 11.8 Å². The van der Waals surface area contributed by atoms with Gasteiger partial charge in [0.1, 0.15) is 12.7 Å². The maximum Gasteiger partial charge on any atom is 0.256 e. The van der Waals surface area contributed by atoms with Gasteiger partial charge in [0.15, 0.2) is 11.5 Å². The van der Waals surface area contributed by atoms with Crippen molar-refractivity contribution in [1.82, 2.24) is 19.7 Å². The number of hydrogen-bond donors (Lipinski definition) is 1. The van der Waals surface area contributed by atoms with Gasteiger partial charge in [-0.3, -0.25) is 9.59 Å². The molecule has 1 aliphatic heterocycles. The number of amides is 2. The Morgan fingerprint density at radius 1 is 1.00 bits per heavy atom. The molecule has 0 bridgehead atoms. The molecule has 0 spiro atoms. The van der Waals surface area contributed by atoms with Crippen LogP contribution in [0.3, 0.4) is 0 Å². The molecule has 33 heavy (non-hydrogen) atoms. The van der Waals surface area contributed by atoms with Gasteiger partial charge in [-0.05, 0) is 43.0 Å². The molecule has 1 N–H and O–H groups in total. The van der Waals surface area contributed by atoms with Crippen molar-refractivity contribution in [2.24, 2.45) is 0 Å². The van der Waals surface area contributed by atoms with E-state index in [9.17, 15) is 9.59 Å². The monoisotopic (exact) mass is 449 g/mol. The van der Waals surface area contributed by atoms with Crippen molar-refractivity contribution < 1.29 is 19.1 Å². The van der Waals surface area contributed by atoms with Gasteiger partial charge < -0.3 is 19.7 Å². The molecule has 2 aromatic carbocycles. The fraction of sp³-hybridized carbons (Fsp3) is 0.333. The van der Waals surface area contributed by atoms with Gasteiger partial charge in [0.2, 0.25) is 0 Å². The zero-order valence-electron chi connectivity index (χ0n) is 18.8. The summed E-state index contributed by atoms with van der Waals surface area (Å²) in [6.45, 7) is 1.97. The smallest absolute Gasteiger partial charge is 0.256 e. The number of nitrogens with zero attached hydrogens (tertiary/aromatic N) is 4. The summed E-state index contributed by atoms with van der Waals surface area (Å²) in [6, 6.07) is 10.5. The first-order chi connectivity index (χ1) is 16.1. The van der Waals surface area contributed by atoms with Gasteiger partial charge in [0.05, 0.1) is 32.0 Å². The molecule has 1 saturated heterocycles. The van der Waals surface area contributed by atoms with E-state index in [0.717, 1.165) is 24.8 Å². The number of ether oxygens (including phenoxy) is 2. The van der Waals surface area contributed by atoms with Crippen molar-refractivity contribution in [3.8, 4) is 11.5 Å². The summed E-state index contributed by atoms with van der Waals surface area (Å²) in [5.74, 6) is 0.427. The Morgan fingerprint density at radius 3 is 2.33 bits per heavy atom. The molecule has 0 atom stereocenters. The second kappa shape index (κ2) is 10.2. The van der Waals surface area contributed by atoms with E-state index in [4.69, 9.17) is 9.47 Å². The molecule has 2 heterocycles. The van der Waals surface area contributed by atoms with Crippen LogP contribution in [0.25, 0.3) is 0 Å². The second-order valence-electron chi connectivity index (χ2n) is 7.85. The van der Waals surface area contributed by atoms with E-state index in [1.54, 1.807) is 35.3 Å². The van der Waals surface area contributed by atoms with E-state index >= 15 is 0 Å². The topological polar surface area (TPSA) is 98.6 Å². The lowest BCUT2D eigenvalue weighted by Crippen LogP contribution is -2.36. The van der Waals surface area contributed by atoms with Crippen LogP contribution in [-0.2, 0) is 6.54 Å². The van der Waals surface area contributed by atoms with Crippen molar-refractivity contribution in [3.63, 3.8) is 0 Å². The van der Waals surface area contributed by atoms with Crippen molar-refractivity contribution in [3.05, 3.63) is 65.7 Å². The number of carbonyl (C=O) groups is 2. The average Bonchev–Trinajstić information content (AvgIpc) is 3.37. The van der Waals surface area contributed by atoms with Gasteiger partial charge in [-0.2, -0.15) is 5.10 Å². The van der Waals surface area contributed by atoms with E-state index in [1.165, 1.54) is 20.5 Å². The summed E-state index contributed by atoms with van der Waals surface area (Å²) in [6.07, 6.45) is 6.18. The third kappa shape index (κ3) is 5.14. The molecule has 0 radical (unpaired) electrons. The maximum atomic E-state index is 13.3. The average molecular weight is 450 g/mol. The Kier molecular flexibility index (Phi) is 6.87. The van der Waals surface area contributed by atoms with Gasteiger partial charge >= 0.3 is 0 Å². The van der Waals surface area contributed by atoms with Crippen molar-refractivity contribution in [2.45, 2.75) is 25.8 Å². The molecular weight excluding hydrogens is 422 g/mol. The third-order valence-corrected chi connectivity index (χ3v) is 5.67. The highest BCUT2D eigenvalue weighted by Crippen LogP contribution is 2.34. The number of aromatic nitrogens is 3. The lowest BCUT2D eigenvalue weighted by atomic mass is 10.1. The lowest BCUT2D eigenvalue weighted by Gasteiger charge is -2.28. The van der Waals surface area contributed by atoms with Crippen LogP contribution >= 0.6 is 0 Å². The highest BCUT2D eigenvalue weighted by Gasteiger charge is 2.24. The van der Waals surface area contributed by atoms with E-state index in [2.05, 4.69) is 15.4 Å². The van der Waals surface area contributed by atoms with Crippen LogP contribution in [0.1, 0.15) is 45.5 Å². The maximum absolute atomic E-state index is 13.3. The van der Waals surface area contributed by atoms with Gasteiger partial charge in [-0.1, -0.05) is 12.1 Å². The largest absolute Gasteiger partial charge is 0.493 e. The van der Waals surface area contributed by atoms with Crippen LogP contribution in [0.5, 0.6) is 11.5 Å². The van der Waals surface area contributed by atoms with Crippen LogP contribution in [0.2, 0.25) is 0 Å². The van der Waals surface area contributed by atoms with E-state index < -0.39 is 0 Å². The number of methoxy groups -OCH3 is 2. The molecule has 1 fully saturated rings. The molecule has 172 valence electrons. The Balaban J connectivity index is 1.57. The quantitative estimate of drug-likeness (QED) is 0.595. The number of nitrogens with one attached hydrogen (secondary N) is 1. The minimum atomic E-state index is -0.317. The Labute approximate surface area is 192 Å². The van der Waals surface area contributed by atoms with Crippen molar-refractivity contribution >= 4 is 17.5 Å². The summed E-state index contributed by atoms with van der Waals surface area (Å²) in [5.41, 5.74) is 2.23. The zero-order valence-corrected chi connectivity index (χ0v) is 18.8. The fourth-order valence-electron chi connectivity index (χ4n) is 3.88. The number of anilines is 1. The molecule has 1 aromatic heterocycles. The van der Waals surface area contributed by atoms with Crippen LogP contribution in [0, 0.1) is 0 Å². The van der Waals surface area contributed by atoms with Gasteiger partial charge in [-0.25, -0.2) is 9.67 Å². The summed E-state index contributed by atoms with van der Waals surface area (Å²) in [5, 5.41) is 6.98. The van der Waals surface area contributed by atoms with Crippen molar-refractivity contribution in [2.75, 3.05) is 32.6 Å². The number of rotatable bonds is 7.